The molecule has 1 aliphatic rings. The summed E-state index contributed by atoms with van der Waals surface area (Å²) < 4.78 is 0. The van der Waals surface area contributed by atoms with Gasteiger partial charge in [0, 0.05) is 5.69 Å². The topological polar surface area (TPSA) is 87.3 Å². The van der Waals surface area contributed by atoms with Crippen LogP contribution in [0.5, 0.6) is 0 Å². The van der Waals surface area contributed by atoms with Crippen molar-refractivity contribution in [3.8, 4) is 0 Å². The van der Waals surface area contributed by atoms with Gasteiger partial charge in [-0.3, -0.25) is 14.9 Å². The lowest BCUT2D eigenvalue weighted by atomic mass is 10.1. The third-order valence-electron chi connectivity index (χ3n) is 2.58. The van der Waals surface area contributed by atoms with E-state index in [0.29, 0.717) is 5.69 Å². The minimum absolute atomic E-state index is 0.0521. The van der Waals surface area contributed by atoms with E-state index >= 15 is 0 Å². The summed E-state index contributed by atoms with van der Waals surface area (Å²) >= 11 is 0. The van der Waals surface area contributed by atoms with Crippen LogP contribution in [0.4, 0.5) is 10.5 Å². The zero-order valence-electron chi connectivity index (χ0n) is 9.82. The van der Waals surface area contributed by atoms with Gasteiger partial charge in [-0.25, -0.2) is 4.79 Å². The number of carbonyl (C=O) groups is 3. The number of amides is 4. The monoisotopic (exact) mass is 247 g/mol. The smallest absolute Gasteiger partial charge is 0.322 e. The summed E-state index contributed by atoms with van der Waals surface area (Å²) in [6, 6.07) is 5.78. The van der Waals surface area contributed by atoms with E-state index in [4.69, 9.17) is 0 Å². The van der Waals surface area contributed by atoms with Crippen molar-refractivity contribution >= 4 is 23.5 Å². The summed E-state index contributed by atoms with van der Waals surface area (Å²) in [4.78, 5) is 34.0. The Morgan fingerprint density at radius 2 is 1.94 bits per heavy atom. The summed E-state index contributed by atoms with van der Waals surface area (Å²) in [5.41, 5.74) is 1.71. The number of hydrogen-bond donors (Lipinski definition) is 3. The largest absolute Gasteiger partial charge is 0.325 e. The molecule has 3 N–H and O–H groups in total. The average molecular weight is 247 g/mol. The molecule has 0 radical (unpaired) electrons. The minimum atomic E-state index is -0.826. The lowest BCUT2D eigenvalue weighted by Crippen LogP contribution is -2.56. The zero-order valence-corrected chi connectivity index (χ0v) is 9.82. The van der Waals surface area contributed by atoms with Crippen LogP contribution in [0.25, 0.3) is 0 Å². The molecule has 2 rings (SSSR count). The van der Waals surface area contributed by atoms with Gasteiger partial charge >= 0.3 is 6.03 Å². The van der Waals surface area contributed by atoms with Gasteiger partial charge in [0.05, 0.1) is 6.42 Å². The Hall–Kier alpha value is -2.37. The molecule has 1 aromatic rings. The Balaban J connectivity index is 2.01. The number of carbonyl (C=O) groups excluding carboxylic acids is 3. The zero-order chi connectivity index (χ0) is 13.1. The Morgan fingerprint density at radius 1 is 1.28 bits per heavy atom. The second-order valence-electron chi connectivity index (χ2n) is 4.13. The van der Waals surface area contributed by atoms with E-state index in [-0.39, 0.29) is 6.42 Å². The number of rotatable bonds is 2. The SMILES string of the molecule is Cc1ccc(NC(=O)C2CC(=O)NC(=O)N2)cc1. The molecule has 1 heterocycles. The molecular formula is C12H13N3O3. The van der Waals surface area contributed by atoms with Crippen LogP contribution in [0.15, 0.2) is 24.3 Å². The first kappa shape index (κ1) is 12.1. The number of nitrogens with one attached hydrogen (secondary N) is 3. The average Bonchev–Trinajstić information content (AvgIpc) is 2.31. The van der Waals surface area contributed by atoms with Gasteiger partial charge in [-0.05, 0) is 19.1 Å². The van der Waals surface area contributed by atoms with Crippen molar-refractivity contribution in [2.45, 2.75) is 19.4 Å². The van der Waals surface area contributed by atoms with Gasteiger partial charge in [0.25, 0.3) is 0 Å². The number of imide groups is 1. The first-order valence-electron chi connectivity index (χ1n) is 5.52. The van der Waals surface area contributed by atoms with Crippen molar-refractivity contribution in [2.24, 2.45) is 0 Å². The van der Waals surface area contributed by atoms with Gasteiger partial charge in [0.15, 0.2) is 0 Å². The standard InChI is InChI=1S/C12H13N3O3/c1-7-2-4-8(5-3-7)13-11(17)9-6-10(16)15-12(18)14-9/h2-5,9H,6H2,1H3,(H,13,17)(H2,14,15,16,18). The predicted octanol–water partition coefficient (Wildman–Crippen LogP) is 0.532. The first-order valence-corrected chi connectivity index (χ1v) is 5.52. The highest BCUT2D eigenvalue weighted by atomic mass is 16.2. The highest BCUT2D eigenvalue weighted by Gasteiger charge is 2.29. The molecule has 0 spiro atoms. The molecule has 1 aliphatic heterocycles. The van der Waals surface area contributed by atoms with Crippen LogP contribution in [0, 0.1) is 6.92 Å². The second kappa shape index (κ2) is 4.87. The fourth-order valence-electron chi connectivity index (χ4n) is 1.63. The summed E-state index contributed by atoms with van der Waals surface area (Å²) in [6.07, 6.45) is -0.0521. The van der Waals surface area contributed by atoms with E-state index in [1.165, 1.54) is 0 Å². The number of anilines is 1. The molecule has 1 atom stereocenters. The molecule has 4 amide bonds. The Bertz CT molecular complexity index is 480. The Kier molecular flexibility index (Phi) is 3.27. The third-order valence-corrected chi connectivity index (χ3v) is 2.58. The van der Waals surface area contributed by atoms with E-state index in [1.807, 2.05) is 19.1 Å². The van der Waals surface area contributed by atoms with Crippen LogP contribution >= 0.6 is 0 Å². The molecule has 0 saturated carbocycles. The lowest BCUT2D eigenvalue weighted by Gasteiger charge is -2.22. The number of aryl methyl sites for hydroxylation is 1. The first-order chi connectivity index (χ1) is 8.54. The fourth-order valence-corrected chi connectivity index (χ4v) is 1.63. The highest BCUT2D eigenvalue weighted by Crippen LogP contribution is 2.10. The highest BCUT2D eigenvalue weighted by molar-refractivity contribution is 6.05. The summed E-state index contributed by atoms with van der Waals surface area (Å²) in [6.45, 7) is 1.94. The van der Waals surface area contributed by atoms with Crippen LogP contribution < -0.4 is 16.0 Å². The maximum absolute atomic E-state index is 11.8. The van der Waals surface area contributed by atoms with Crippen LogP contribution in [0.1, 0.15) is 12.0 Å². The molecule has 1 unspecified atom stereocenters. The van der Waals surface area contributed by atoms with Crippen LogP contribution in [0.3, 0.4) is 0 Å². The molecule has 0 bridgehead atoms. The molecule has 1 saturated heterocycles. The normalized spacial score (nSPS) is 18.8. The minimum Gasteiger partial charge on any atom is -0.325 e. The summed E-state index contributed by atoms with van der Waals surface area (Å²) in [5, 5.41) is 7.11. The van der Waals surface area contributed by atoms with Crippen LogP contribution in [-0.2, 0) is 9.59 Å². The lowest BCUT2D eigenvalue weighted by molar-refractivity contribution is -0.126. The van der Waals surface area contributed by atoms with Gasteiger partial charge in [0.1, 0.15) is 6.04 Å². The van der Waals surface area contributed by atoms with E-state index in [9.17, 15) is 14.4 Å². The second-order valence-corrected chi connectivity index (χ2v) is 4.13. The van der Waals surface area contributed by atoms with E-state index < -0.39 is 23.9 Å². The third kappa shape index (κ3) is 2.85. The van der Waals surface area contributed by atoms with Crippen LogP contribution in [-0.4, -0.2) is 23.9 Å². The fraction of sp³-hybridized carbons (Fsp3) is 0.250. The summed E-state index contributed by atoms with van der Waals surface area (Å²) in [7, 11) is 0. The molecule has 6 heteroatoms. The number of hydrogen-bond acceptors (Lipinski definition) is 3. The van der Waals surface area contributed by atoms with Gasteiger partial charge in [-0.1, -0.05) is 17.7 Å². The van der Waals surface area contributed by atoms with Crippen molar-refractivity contribution in [3.05, 3.63) is 29.8 Å². The Labute approximate surface area is 104 Å². The molecule has 0 aliphatic carbocycles. The summed E-state index contributed by atoms with van der Waals surface area (Å²) in [5.74, 6) is -0.857. The van der Waals surface area contributed by atoms with Crippen LogP contribution in [0.2, 0.25) is 0 Å². The number of benzene rings is 1. The van der Waals surface area contributed by atoms with Gasteiger partial charge in [-0.2, -0.15) is 0 Å². The van der Waals surface area contributed by atoms with Crippen molar-refractivity contribution in [3.63, 3.8) is 0 Å². The van der Waals surface area contributed by atoms with Crippen molar-refractivity contribution < 1.29 is 14.4 Å². The molecule has 1 fully saturated rings. The number of urea groups is 1. The molecule has 18 heavy (non-hydrogen) atoms. The van der Waals surface area contributed by atoms with Crippen molar-refractivity contribution in [2.75, 3.05) is 5.32 Å². The predicted molar refractivity (Wildman–Crippen MR) is 64.9 cm³/mol. The molecule has 1 aromatic carbocycles. The quantitative estimate of drug-likeness (QED) is 0.712. The van der Waals surface area contributed by atoms with Gasteiger partial charge < -0.3 is 10.6 Å². The van der Waals surface area contributed by atoms with Gasteiger partial charge in [-0.15, -0.1) is 0 Å². The molecule has 0 aromatic heterocycles. The molecule has 6 nitrogen and oxygen atoms in total. The molecular weight excluding hydrogens is 234 g/mol. The van der Waals surface area contributed by atoms with Crippen molar-refractivity contribution in [1.29, 1.82) is 0 Å². The van der Waals surface area contributed by atoms with E-state index in [0.717, 1.165) is 5.56 Å². The Morgan fingerprint density at radius 3 is 2.56 bits per heavy atom. The molecule has 94 valence electrons. The van der Waals surface area contributed by atoms with E-state index in [1.54, 1.807) is 12.1 Å². The maximum atomic E-state index is 11.8. The van der Waals surface area contributed by atoms with E-state index in [2.05, 4.69) is 16.0 Å². The van der Waals surface area contributed by atoms with Gasteiger partial charge in [0.2, 0.25) is 11.8 Å². The van der Waals surface area contributed by atoms with Crippen molar-refractivity contribution in [1.82, 2.24) is 10.6 Å². The maximum Gasteiger partial charge on any atom is 0.322 e.